The first-order valence-corrected chi connectivity index (χ1v) is 14.6. The van der Waals surface area contributed by atoms with Crippen LogP contribution >= 0.6 is 11.6 Å². The van der Waals surface area contributed by atoms with Crippen molar-refractivity contribution in [2.24, 2.45) is 0 Å². The van der Waals surface area contributed by atoms with Crippen LogP contribution in [0.15, 0.2) is 54.9 Å². The van der Waals surface area contributed by atoms with Gasteiger partial charge in [0.15, 0.2) is 11.5 Å². The van der Waals surface area contributed by atoms with E-state index in [1.54, 1.807) is 24.3 Å². The number of ketones is 1. The lowest BCUT2D eigenvalue weighted by molar-refractivity contribution is -0.117. The fraction of sp³-hybridized carbons (Fsp3) is 0.344. The summed E-state index contributed by atoms with van der Waals surface area (Å²) in [5.41, 5.74) is 1.66. The summed E-state index contributed by atoms with van der Waals surface area (Å²) in [6, 6.07) is 13.1. The molecule has 224 valence electrons. The van der Waals surface area contributed by atoms with Crippen LogP contribution in [0.2, 0.25) is 5.02 Å². The van der Waals surface area contributed by atoms with Crippen molar-refractivity contribution in [3.05, 3.63) is 76.8 Å². The van der Waals surface area contributed by atoms with Gasteiger partial charge in [-0.15, -0.1) is 0 Å². The van der Waals surface area contributed by atoms with Gasteiger partial charge in [-0.3, -0.25) is 9.69 Å². The van der Waals surface area contributed by atoms with Crippen molar-refractivity contribution < 1.29 is 32.9 Å². The summed E-state index contributed by atoms with van der Waals surface area (Å²) in [6.07, 6.45) is 2.41. The summed E-state index contributed by atoms with van der Waals surface area (Å²) in [6.45, 7) is 5.65. The monoisotopic (exact) mass is 607 g/mol. The molecule has 0 aliphatic carbocycles. The number of Topliss-reactive ketones (excluding diaryl/α,β-unsaturated/α-hetero) is 1. The maximum Gasteiger partial charge on any atom is 0.234 e. The van der Waals surface area contributed by atoms with Crippen molar-refractivity contribution >= 4 is 28.3 Å². The molecule has 2 aliphatic rings. The predicted molar refractivity (Wildman–Crippen MR) is 158 cm³/mol. The molecule has 2 aliphatic heterocycles. The minimum Gasteiger partial charge on any atom is -0.489 e. The molecule has 43 heavy (non-hydrogen) atoms. The molecule has 0 atom stereocenters. The highest BCUT2D eigenvalue weighted by molar-refractivity contribution is 6.30. The lowest BCUT2D eigenvalue weighted by Crippen LogP contribution is -2.37. The molecule has 0 saturated carbocycles. The van der Waals surface area contributed by atoms with E-state index in [1.165, 1.54) is 24.5 Å². The summed E-state index contributed by atoms with van der Waals surface area (Å²) < 4.78 is 43.7. The number of fused-ring (bicyclic) bond motifs is 3. The van der Waals surface area contributed by atoms with Crippen LogP contribution in [-0.4, -0.2) is 73.3 Å². The summed E-state index contributed by atoms with van der Waals surface area (Å²) in [7, 11) is 0. The van der Waals surface area contributed by atoms with E-state index in [9.17, 15) is 9.18 Å². The van der Waals surface area contributed by atoms with Crippen LogP contribution < -0.4 is 18.9 Å². The number of aromatic nitrogens is 2. The molecule has 0 spiro atoms. The van der Waals surface area contributed by atoms with Crippen LogP contribution in [0.1, 0.15) is 17.5 Å². The fourth-order valence-corrected chi connectivity index (χ4v) is 5.32. The lowest BCUT2D eigenvalue weighted by atomic mass is 10.0. The Morgan fingerprint density at radius 1 is 0.953 bits per heavy atom. The average Bonchev–Trinajstić information content (AvgIpc) is 3.02. The van der Waals surface area contributed by atoms with E-state index in [4.69, 9.17) is 35.3 Å². The largest absolute Gasteiger partial charge is 0.489 e. The average molecular weight is 608 g/mol. The number of halogens is 2. The van der Waals surface area contributed by atoms with Gasteiger partial charge >= 0.3 is 0 Å². The van der Waals surface area contributed by atoms with Crippen molar-refractivity contribution in [3.63, 3.8) is 0 Å². The smallest absolute Gasteiger partial charge is 0.234 e. The van der Waals surface area contributed by atoms with Gasteiger partial charge in [0, 0.05) is 43.6 Å². The highest BCUT2D eigenvalue weighted by Gasteiger charge is 2.25. The zero-order valence-corrected chi connectivity index (χ0v) is 24.3. The van der Waals surface area contributed by atoms with E-state index in [-0.39, 0.29) is 24.2 Å². The number of carbonyl (C=O) groups is 1. The van der Waals surface area contributed by atoms with Crippen molar-refractivity contribution in [2.45, 2.75) is 19.3 Å². The van der Waals surface area contributed by atoms with Gasteiger partial charge in [0.2, 0.25) is 11.6 Å². The molecule has 1 saturated heterocycles. The molecule has 1 aromatic heterocycles. The van der Waals surface area contributed by atoms with Gasteiger partial charge in [-0.1, -0.05) is 23.7 Å². The summed E-state index contributed by atoms with van der Waals surface area (Å²) in [5.74, 6) is 1.82. The van der Waals surface area contributed by atoms with E-state index in [1.807, 2.05) is 6.07 Å². The fourth-order valence-electron chi connectivity index (χ4n) is 5.13. The molecule has 0 N–H and O–H groups in total. The van der Waals surface area contributed by atoms with Crippen LogP contribution in [0, 0.1) is 5.82 Å². The first-order chi connectivity index (χ1) is 21.0. The first kappa shape index (κ1) is 29.1. The molecular weight excluding hydrogens is 577 g/mol. The molecule has 0 amide bonds. The molecule has 0 unspecified atom stereocenters. The molecule has 9 nitrogen and oxygen atoms in total. The minimum atomic E-state index is -0.447. The minimum absolute atomic E-state index is 0.0374. The third kappa shape index (κ3) is 7.15. The zero-order valence-electron chi connectivity index (χ0n) is 23.5. The van der Waals surface area contributed by atoms with Crippen molar-refractivity contribution in [3.8, 4) is 28.9 Å². The highest BCUT2D eigenvalue weighted by Crippen LogP contribution is 2.47. The molecule has 0 radical (unpaired) electrons. The zero-order chi connectivity index (χ0) is 29.6. The Hall–Kier alpha value is -3.99. The summed E-state index contributed by atoms with van der Waals surface area (Å²) in [4.78, 5) is 23.8. The van der Waals surface area contributed by atoms with E-state index in [2.05, 4.69) is 14.9 Å². The second kappa shape index (κ2) is 13.5. The second-order valence-electron chi connectivity index (χ2n) is 10.3. The van der Waals surface area contributed by atoms with Crippen LogP contribution in [0.5, 0.6) is 28.9 Å². The molecule has 3 heterocycles. The Balaban J connectivity index is 1.14. The Labute approximate surface area is 253 Å². The van der Waals surface area contributed by atoms with Gasteiger partial charge in [0.25, 0.3) is 0 Å². The number of morpholine rings is 1. The van der Waals surface area contributed by atoms with Gasteiger partial charge < -0.3 is 23.7 Å². The van der Waals surface area contributed by atoms with Crippen molar-refractivity contribution in [1.29, 1.82) is 0 Å². The Bertz CT molecular complexity index is 1600. The van der Waals surface area contributed by atoms with E-state index >= 15 is 0 Å². The van der Waals surface area contributed by atoms with Crippen molar-refractivity contribution in [1.82, 2.24) is 14.9 Å². The topological polar surface area (TPSA) is 92.2 Å². The summed E-state index contributed by atoms with van der Waals surface area (Å²) in [5, 5.41) is 0.977. The Morgan fingerprint density at radius 2 is 1.74 bits per heavy atom. The molecule has 4 aromatic rings. The third-order valence-corrected chi connectivity index (χ3v) is 7.49. The van der Waals surface area contributed by atoms with E-state index in [0.717, 1.165) is 44.8 Å². The normalized spacial score (nSPS) is 14.9. The number of nitrogens with zero attached hydrogens (tertiary/aromatic N) is 3. The van der Waals surface area contributed by atoms with Crippen LogP contribution in [0.4, 0.5) is 4.39 Å². The third-order valence-electron chi connectivity index (χ3n) is 7.26. The second-order valence-corrected chi connectivity index (χ2v) is 10.8. The van der Waals surface area contributed by atoms with E-state index < -0.39 is 5.82 Å². The van der Waals surface area contributed by atoms with Gasteiger partial charge in [-0.2, -0.15) is 0 Å². The van der Waals surface area contributed by atoms with Crippen LogP contribution in [-0.2, 0) is 22.4 Å². The maximum absolute atomic E-state index is 14.0. The van der Waals surface area contributed by atoms with Gasteiger partial charge in [0.05, 0.1) is 25.3 Å². The number of benzene rings is 3. The van der Waals surface area contributed by atoms with Crippen LogP contribution in [0.25, 0.3) is 10.9 Å². The predicted octanol–water partition coefficient (Wildman–Crippen LogP) is 5.44. The van der Waals surface area contributed by atoms with E-state index in [0.29, 0.717) is 64.6 Å². The Kier molecular flexibility index (Phi) is 9.16. The number of carbonyl (C=O) groups excluding carboxylic acids is 1. The van der Waals surface area contributed by atoms with Crippen molar-refractivity contribution in [2.75, 3.05) is 52.7 Å². The van der Waals surface area contributed by atoms with Gasteiger partial charge in [-0.05, 0) is 47.9 Å². The molecule has 11 heteroatoms. The summed E-state index contributed by atoms with van der Waals surface area (Å²) >= 11 is 5.95. The molecular formula is C32H31ClFN3O6. The SMILES string of the molecule is O=C(Cc1ccc(Oc2ncnc3cc(OCCCN4CCOCC4)c4c(c23)OCCO4)cc1)Cc1cc(Cl)ccc1F. The standard InChI is InChI=1S/C32H31ClFN3O6/c33-23-4-7-26(34)22(17-23)18-24(38)16-21-2-5-25(6-3-21)43-32-29-27(35-20-36-32)19-28(30-31(29)42-15-14-41-30)40-11-1-8-37-9-12-39-13-10-37/h2-7,17,19-20H,1,8-16,18H2. The van der Waals surface area contributed by atoms with Gasteiger partial charge in [-0.25, -0.2) is 14.4 Å². The number of ether oxygens (including phenoxy) is 5. The van der Waals surface area contributed by atoms with Crippen LogP contribution in [0.3, 0.4) is 0 Å². The molecule has 0 bridgehead atoms. The molecule has 6 rings (SSSR count). The number of hydrogen-bond acceptors (Lipinski definition) is 9. The maximum atomic E-state index is 14.0. The molecule has 1 fully saturated rings. The number of hydrogen-bond donors (Lipinski definition) is 0. The van der Waals surface area contributed by atoms with Gasteiger partial charge in [0.1, 0.15) is 42.3 Å². The lowest BCUT2D eigenvalue weighted by Gasteiger charge is -2.26. The quantitative estimate of drug-likeness (QED) is 0.207. The number of rotatable bonds is 11. The Morgan fingerprint density at radius 3 is 2.56 bits per heavy atom. The highest BCUT2D eigenvalue weighted by atomic mass is 35.5. The first-order valence-electron chi connectivity index (χ1n) is 14.3. The molecule has 3 aromatic carbocycles.